The van der Waals surface area contributed by atoms with Gasteiger partial charge in [-0.25, -0.2) is 5.11 Å². The largest absolute Gasteiger partial charge is 0.236 e. The van der Waals surface area contributed by atoms with Crippen molar-refractivity contribution in [1.29, 1.82) is 0 Å². The maximum absolute atomic E-state index is 9.64. The van der Waals surface area contributed by atoms with Gasteiger partial charge >= 0.3 is 0 Å². The second-order valence-corrected chi connectivity index (χ2v) is 2.04. The molecule has 0 heterocycles. The summed E-state index contributed by atoms with van der Waals surface area (Å²) in [6.45, 7) is 3.58. The van der Waals surface area contributed by atoms with Crippen LogP contribution < -0.4 is 0 Å². The smallest absolute Gasteiger partial charge is 0.0912 e. The van der Waals surface area contributed by atoms with E-state index in [2.05, 4.69) is 6.92 Å². The number of rotatable bonds is 3. The molecule has 0 aliphatic carbocycles. The predicted molar refractivity (Wildman–Crippen MR) is 28.2 cm³/mol. The molecule has 1 nitrogen and oxygen atoms in total. The van der Waals surface area contributed by atoms with Crippen LogP contribution in [0.15, 0.2) is 0 Å². The van der Waals surface area contributed by atoms with Crippen LogP contribution >= 0.6 is 11.8 Å². The van der Waals surface area contributed by atoms with Gasteiger partial charge in [0.2, 0.25) is 0 Å². The predicted octanol–water partition coefficient (Wildman–Crippen LogP) is 0.984. The molecule has 0 rings (SSSR count). The SMILES string of the molecule is [CH2]CSCC[O]. The highest BCUT2D eigenvalue weighted by molar-refractivity contribution is 7.99. The highest BCUT2D eigenvalue weighted by Gasteiger charge is 1.77. The average Bonchev–Trinajstić information content (AvgIpc) is 1.61. The third kappa shape index (κ3) is 4.31. The van der Waals surface area contributed by atoms with Crippen molar-refractivity contribution in [3.63, 3.8) is 0 Å². The van der Waals surface area contributed by atoms with Gasteiger partial charge in [0, 0.05) is 5.75 Å². The van der Waals surface area contributed by atoms with Crippen LogP contribution in [0.2, 0.25) is 0 Å². The van der Waals surface area contributed by atoms with E-state index in [9.17, 15) is 5.11 Å². The van der Waals surface area contributed by atoms with Crippen LogP contribution in [0.3, 0.4) is 0 Å². The van der Waals surface area contributed by atoms with Gasteiger partial charge in [0.15, 0.2) is 0 Å². The highest BCUT2D eigenvalue weighted by Crippen LogP contribution is 1.93. The zero-order chi connectivity index (χ0) is 4.83. The van der Waals surface area contributed by atoms with Crippen molar-refractivity contribution in [3.8, 4) is 0 Å². The molecule has 36 valence electrons. The summed E-state index contributed by atoms with van der Waals surface area (Å²) in [5, 5.41) is 9.64. The molecule has 0 N–H and O–H groups in total. The van der Waals surface area contributed by atoms with Gasteiger partial charge in [-0.1, -0.05) is 0 Å². The minimum Gasteiger partial charge on any atom is -0.236 e. The molecule has 0 unspecified atom stereocenters. The maximum Gasteiger partial charge on any atom is 0.0912 e. The minimum atomic E-state index is 0.0280. The van der Waals surface area contributed by atoms with Crippen molar-refractivity contribution < 1.29 is 5.11 Å². The fourth-order valence-corrected chi connectivity index (χ4v) is 0.483. The Morgan fingerprint density at radius 1 is 1.67 bits per heavy atom. The van der Waals surface area contributed by atoms with Crippen molar-refractivity contribution >= 4 is 11.8 Å². The average molecular weight is 104 g/mol. The molecule has 6 heavy (non-hydrogen) atoms. The Hall–Kier alpha value is 0.310. The Morgan fingerprint density at radius 3 is 2.50 bits per heavy atom. The van der Waals surface area contributed by atoms with Crippen molar-refractivity contribution in [2.24, 2.45) is 0 Å². The summed E-state index contributed by atoms with van der Waals surface area (Å²) in [6, 6.07) is 0. The fraction of sp³-hybridized carbons (Fsp3) is 0.750. The molecule has 0 aromatic heterocycles. The third-order valence-corrected chi connectivity index (χ3v) is 1.12. The van der Waals surface area contributed by atoms with E-state index in [4.69, 9.17) is 0 Å². The molecule has 0 fully saturated rings. The van der Waals surface area contributed by atoms with Gasteiger partial charge in [-0.15, -0.1) is 0 Å². The summed E-state index contributed by atoms with van der Waals surface area (Å²) >= 11 is 1.58. The molecule has 0 saturated heterocycles. The highest BCUT2D eigenvalue weighted by atomic mass is 32.2. The molecule has 2 radical (unpaired) electrons. The lowest BCUT2D eigenvalue weighted by Gasteiger charge is -1.84. The second-order valence-electron chi connectivity index (χ2n) is 0.816. The van der Waals surface area contributed by atoms with Crippen LogP contribution in [0.25, 0.3) is 0 Å². The lowest BCUT2D eigenvalue weighted by Crippen LogP contribution is -1.82. The van der Waals surface area contributed by atoms with Gasteiger partial charge in [0.05, 0.1) is 6.61 Å². The van der Waals surface area contributed by atoms with Gasteiger partial charge in [-0.3, -0.25) is 0 Å². The Bertz CT molecular complexity index is 19.5. The van der Waals surface area contributed by atoms with Crippen molar-refractivity contribution in [1.82, 2.24) is 0 Å². The molecule has 0 bridgehead atoms. The molecular weight excluding hydrogens is 96.1 g/mol. The van der Waals surface area contributed by atoms with E-state index >= 15 is 0 Å². The van der Waals surface area contributed by atoms with Crippen molar-refractivity contribution in [3.05, 3.63) is 6.92 Å². The minimum absolute atomic E-state index is 0.0280. The summed E-state index contributed by atoms with van der Waals surface area (Å²) in [6.07, 6.45) is 0. The van der Waals surface area contributed by atoms with Crippen LogP contribution in [0.1, 0.15) is 0 Å². The lowest BCUT2D eigenvalue weighted by molar-refractivity contribution is 0.215. The van der Waals surface area contributed by atoms with E-state index in [1.165, 1.54) is 0 Å². The first kappa shape index (κ1) is 6.31. The van der Waals surface area contributed by atoms with Crippen LogP contribution in [0.4, 0.5) is 0 Å². The fourth-order valence-electron chi connectivity index (χ4n) is 0.161. The van der Waals surface area contributed by atoms with Gasteiger partial charge in [0.1, 0.15) is 0 Å². The number of thioether (sulfide) groups is 1. The van der Waals surface area contributed by atoms with Gasteiger partial charge in [0.25, 0.3) is 0 Å². The van der Waals surface area contributed by atoms with Gasteiger partial charge in [-0.05, 0) is 12.7 Å². The van der Waals surface area contributed by atoms with Crippen LogP contribution in [-0.4, -0.2) is 18.1 Å². The molecule has 0 spiro atoms. The topological polar surface area (TPSA) is 19.9 Å². The summed E-state index contributed by atoms with van der Waals surface area (Å²) in [4.78, 5) is 0. The molecule has 0 aromatic carbocycles. The van der Waals surface area contributed by atoms with Crippen molar-refractivity contribution in [2.45, 2.75) is 0 Å². The van der Waals surface area contributed by atoms with Crippen LogP contribution in [0.5, 0.6) is 0 Å². The second kappa shape index (κ2) is 5.31. The first-order valence-electron chi connectivity index (χ1n) is 1.87. The van der Waals surface area contributed by atoms with Gasteiger partial charge in [-0.2, -0.15) is 11.8 Å². The Balaban J connectivity index is 2.34. The summed E-state index contributed by atoms with van der Waals surface area (Å²) < 4.78 is 0. The molecule has 0 aliphatic heterocycles. The summed E-state index contributed by atoms with van der Waals surface area (Å²) in [5.41, 5.74) is 0. The lowest BCUT2D eigenvalue weighted by atomic mass is 10.9. The quantitative estimate of drug-likeness (QED) is 0.489. The van der Waals surface area contributed by atoms with E-state index in [0.717, 1.165) is 5.75 Å². The zero-order valence-electron chi connectivity index (χ0n) is 3.64. The normalized spacial score (nSPS) is 9.00. The Morgan fingerprint density at radius 2 is 2.33 bits per heavy atom. The van der Waals surface area contributed by atoms with Crippen LogP contribution in [0, 0.1) is 6.92 Å². The monoisotopic (exact) mass is 104 g/mol. The Kier molecular flexibility index (Phi) is 5.58. The number of hydrogen-bond donors (Lipinski definition) is 0. The summed E-state index contributed by atoms with van der Waals surface area (Å²) in [5.74, 6) is 1.53. The molecule has 0 aromatic rings. The molecular formula is C4H8OS. The molecule has 0 aliphatic rings. The van der Waals surface area contributed by atoms with E-state index < -0.39 is 0 Å². The van der Waals surface area contributed by atoms with E-state index in [0.29, 0.717) is 5.75 Å². The Labute approximate surface area is 42.8 Å². The standard InChI is InChI=1S/C4H8OS/c1-2-6-4-3-5/h1-4H2. The van der Waals surface area contributed by atoms with E-state index in [1.54, 1.807) is 11.8 Å². The molecule has 0 amide bonds. The molecule has 0 atom stereocenters. The first-order valence-corrected chi connectivity index (χ1v) is 3.02. The van der Waals surface area contributed by atoms with Gasteiger partial charge < -0.3 is 0 Å². The van der Waals surface area contributed by atoms with E-state index in [1.807, 2.05) is 0 Å². The molecule has 2 heteroatoms. The number of hydrogen-bond acceptors (Lipinski definition) is 1. The molecule has 0 saturated carbocycles. The first-order chi connectivity index (χ1) is 2.91. The third-order valence-electron chi connectivity index (χ3n) is 0.372. The van der Waals surface area contributed by atoms with Crippen molar-refractivity contribution in [2.75, 3.05) is 18.1 Å². The summed E-state index contributed by atoms with van der Waals surface area (Å²) in [7, 11) is 0. The van der Waals surface area contributed by atoms with E-state index in [-0.39, 0.29) is 6.61 Å². The van der Waals surface area contributed by atoms with Crippen LogP contribution in [-0.2, 0) is 5.11 Å². The maximum atomic E-state index is 9.64. The zero-order valence-corrected chi connectivity index (χ0v) is 4.46.